The van der Waals surface area contributed by atoms with Gasteiger partial charge in [-0.1, -0.05) is 30.2 Å². The van der Waals surface area contributed by atoms with Gasteiger partial charge in [0.1, 0.15) is 12.1 Å². The lowest BCUT2D eigenvalue weighted by Crippen LogP contribution is -2.34. The molecule has 1 atom stereocenters. The molecule has 0 unspecified atom stereocenters. The van der Waals surface area contributed by atoms with Crippen LogP contribution in [-0.4, -0.2) is 52.1 Å². The Bertz CT molecular complexity index is 1560. The maximum atomic E-state index is 13.6. The third-order valence-electron chi connectivity index (χ3n) is 7.32. The molecule has 1 fully saturated rings. The summed E-state index contributed by atoms with van der Waals surface area (Å²) in [7, 11) is 0. The number of ether oxygens (including phenoxy) is 1. The molecule has 0 aliphatic carbocycles. The van der Waals surface area contributed by atoms with Crippen LogP contribution in [0.2, 0.25) is 0 Å². The molecule has 2 aromatic heterocycles. The van der Waals surface area contributed by atoms with Gasteiger partial charge in [0, 0.05) is 43.1 Å². The number of halogens is 3. The molecule has 3 heterocycles. The van der Waals surface area contributed by atoms with Gasteiger partial charge in [0.15, 0.2) is 11.3 Å². The molecule has 0 spiro atoms. The van der Waals surface area contributed by atoms with Crippen LogP contribution < -0.4 is 9.64 Å². The van der Waals surface area contributed by atoms with E-state index in [0.29, 0.717) is 29.3 Å². The molecule has 212 valence electrons. The summed E-state index contributed by atoms with van der Waals surface area (Å²) in [6.07, 6.45) is -1.05. The van der Waals surface area contributed by atoms with E-state index >= 15 is 0 Å². The van der Waals surface area contributed by atoms with E-state index in [0.717, 1.165) is 43.2 Å². The maximum absolute atomic E-state index is 13.6. The molecule has 0 bridgehead atoms. The van der Waals surface area contributed by atoms with Crippen molar-refractivity contribution in [2.45, 2.75) is 45.5 Å². The minimum absolute atomic E-state index is 0.0609. The Morgan fingerprint density at radius 3 is 2.63 bits per heavy atom. The van der Waals surface area contributed by atoms with Gasteiger partial charge >= 0.3 is 6.18 Å². The first-order valence-electron chi connectivity index (χ1n) is 13.9. The molecule has 9 heteroatoms. The van der Waals surface area contributed by atoms with Gasteiger partial charge in [0.05, 0.1) is 5.56 Å². The predicted molar refractivity (Wildman–Crippen MR) is 154 cm³/mol. The van der Waals surface area contributed by atoms with E-state index in [4.69, 9.17) is 4.74 Å². The molecule has 6 nitrogen and oxygen atoms in total. The van der Waals surface area contributed by atoms with Gasteiger partial charge in [-0.2, -0.15) is 13.2 Å². The zero-order valence-electron chi connectivity index (χ0n) is 23.2. The Labute approximate surface area is 238 Å². The third-order valence-corrected chi connectivity index (χ3v) is 7.32. The van der Waals surface area contributed by atoms with Crippen molar-refractivity contribution in [3.63, 3.8) is 0 Å². The molecule has 0 saturated carbocycles. The summed E-state index contributed by atoms with van der Waals surface area (Å²) in [6, 6.07) is 17.3. The normalized spacial score (nSPS) is 15.5. The maximum Gasteiger partial charge on any atom is 0.416 e. The Kier molecular flexibility index (Phi) is 8.70. The Morgan fingerprint density at radius 1 is 1.00 bits per heavy atom. The van der Waals surface area contributed by atoms with Gasteiger partial charge in [-0.05, 0) is 81.1 Å². The lowest BCUT2D eigenvalue weighted by Gasteiger charge is -2.26. The van der Waals surface area contributed by atoms with Gasteiger partial charge in [-0.15, -0.1) is 0 Å². The summed E-state index contributed by atoms with van der Waals surface area (Å²) in [4.78, 5) is 17.9. The summed E-state index contributed by atoms with van der Waals surface area (Å²) in [5.41, 5.74) is 3.03. The topological polar surface area (TPSA) is 54.4 Å². The number of hydrogen-bond donors (Lipinski definition) is 0. The highest BCUT2D eigenvalue weighted by atomic mass is 19.4. The zero-order valence-corrected chi connectivity index (χ0v) is 23.2. The summed E-state index contributed by atoms with van der Waals surface area (Å²) in [5.74, 6) is 6.62. The Hall–Kier alpha value is -4.16. The number of fused-ring (bicyclic) bond motifs is 1. The molecule has 5 rings (SSSR count). The monoisotopic (exact) mass is 559 g/mol. The number of alkyl halides is 3. The van der Waals surface area contributed by atoms with Crippen molar-refractivity contribution < 1.29 is 17.9 Å². The van der Waals surface area contributed by atoms with Crippen molar-refractivity contribution in [3.8, 4) is 17.7 Å². The van der Waals surface area contributed by atoms with E-state index in [2.05, 4.69) is 51.6 Å². The van der Waals surface area contributed by atoms with Gasteiger partial charge in [0.2, 0.25) is 5.88 Å². The number of likely N-dealkylation sites (tertiary alicyclic amines) is 1. The third kappa shape index (κ3) is 6.77. The van der Waals surface area contributed by atoms with Crippen LogP contribution in [0.5, 0.6) is 5.88 Å². The van der Waals surface area contributed by atoms with E-state index in [9.17, 15) is 13.2 Å². The number of benzene rings is 2. The van der Waals surface area contributed by atoms with E-state index in [1.807, 2.05) is 29.2 Å². The predicted octanol–water partition coefficient (Wildman–Crippen LogP) is 6.33. The first-order chi connectivity index (χ1) is 19.9. The quantitative estimate of drug-likeness (QED) is 0.235. The average Bonchev–Trinajstić information content (AvgIpc) is 3.42. The number of rotatable bonds is 8. The average molecular weight is 560 g/mol. The minimum Gasteiger partial charge on any atom is -0.474 e. The van der Waals surface area contributed by atoms with Crippen LogP contribution in [0.15, 0.2) is 66.9 Å². The highest BCUT2D eigenvalue weighted by Crippen LogP contribution is 2.33. The summed E-state index contributed by atoms with van der Waals surface area (Å²) >= 11 is 0. The fourth-order valence-corrected chi connectivity index (χ4v) is 5.18. The van der Waals surface area contributed by atoms with Crippen molar-refractivity contribution in [1.82, 2.24) is 19.9 Å². The van der Waals surface area contributed by atoms with Crippen molar-refractivity contribution in [2.75, 3.05) is 31.1 Å². The molecular formula is C32H32F3N5O. The lowest BCUT2D eigenvalue weighted by molar-refractivity contribution is -0.138. The zero-order chi connectivity index (χ0) is 28.8. The smallest absolute Gasteiger partial charge is 0.416 e. The minimum atomic E-state index is -4.39. The highest BCUT2D eigenvalue weighted by molar-refractivity contribution is 5.71. The van der Waals surface area contributed by atoms with Crippen molar-refractivity contribution in [2.24, 2.45) is 0 Å². The van der Waals surface area contributed by atoms with Crippen molar-refractivity contribution in [1.29, 1.82) is 0 Å². The fraction of sp³-hybridized carbons (Fsp3) is 0.344. The van der Waals surface area contributed by atoms with Crippen LogP contribution in [0.1, 0.15) is 49.1 Å². The fourth-order valence-electron chi connectivity index (χ4n) is 5.18. The van der Waals surface area contributed by atoms with Gasteiger partial charge in [0.25, 0.3) is 0 Å². The molecule has 1 aliphatic rings. The molecular weight excluding hydrogens is 527 g/mol. The van der Waals surface area contributed by atoms with Crippen LogP contribution in [0.4, 0.5) is 18.9 Å². The summed E-state index contributed by atoms with van der Waals surface area (Å²) in [5, 5.41) is 0. The number of nitrogens with zero attached hydrogens (tertiary/aromatic N) is 5. The number of anilines is 1. The Balaban J connectivity index is 1.38. The van der Waals surface area contributed by atoms with E-state index in [1.54, 1.807) is 24.4 Å². The van der Waals surface area contributed by atoms with Crippen LogP contribution in [0.3, 0.4) is 0 Å². The second-order valence-electron chi connectivity index (χ2n) is 9.93. The molecule has 0 amide bonds. The van der Waals surface area contributed by atoms with E-state index < -0.39 is 11.7 Å². The number of hydrogen-bond acceptors (Lipinski definition) is 6. The summed E-state index contributed by atoms with van der Waals surface area (Å²) in [6.45, 7) is 7.18. The highest BCUT2D eigenvalue weighted by Gasteiger charge is 2.34. The molecule has 2 aromatic carbocycles. The van der Waals surface area contributed by atoms with Crippen LogP contribution in [0.25, 0.3) is 11.2 Å². The lowest BCUT2D eigenvalue weighted by atomic mass is 10.1. The molecule has 1 aliphatic heterocycles. The standard InChI is InChI=1S/C32H32F3N5O/c1-3-39(4-2)25-12-7-10-23(20-25)16-17-29-31(38-28-15-8-18-36-30(28)37-29)41-22-26-13-9-19-40(26)21-24-11-5-6-14-27(24)32(33,34)35/h5-8,10-12,14-15,18,20,26H,3-4,9,13,19,21-22H2,1-2H3/t26-/m0/s1. The second-order valence-corrected chi connectivity index (χ2v) is 9.93. The Morgan fingerprint density at radius 2 is 1.83 bits per heavy atom. The number of aromatic nitrogens is 3. The number of pyridine rings is 1. The molecule has 0 radical (unpaired) electrons. The second kappa shape index (κ2) is 12.6. The van der Waals surface area contributed by atoms with E-state index in [-0.39, 0.29) is 24.8 Å². The molecule has 4 aromatic rings. The molecule has 0 N–H and O–H groups in total. The molecule has 1 saturated heterocycles. The van der Waals surface area contributed by atoms with Crippen LogP contribution in [0, 0.1) is 11.8 Å². The summed E-state index contributed by atoms with van der Waals surface area (Å²) < 4.78 is 46.9. The van der Waals surface area contributed by atoms with Crippen LogP contribution >= 0.6 is 0 Å². The van der Waals surface area contributed by atoms with Crippen molar-refractivity contribution >= 4 is 16.9 Å². The van der Waals surface area contributed by atoms with Gasteiger partial charge in [-0.25, -0.2) is 15.0 Å². The largest absolute Gasteiger partial charge is 0.474 e. The van der Waals surface area contributed by atoms with Crippen LogP contribution in [-0.2, 0) is 12.7 Å². The van der Waals surface area contributed by atoms with Crippen molar-refractivity contribution in [3.05, 3.63) is 89.2 Å². The first-order valence-corrected chi connectivity index (χ1v) is 13.9. The van der Waals surface area contributed by atoms with Gasteiger partial charge in [-0.3, -0.25) is 4.90 Å². The van der Waals surface area contributed by atoms with E-state index in [1.165, 1.54) is 6.07 Å². The first kappa shape index (κ1) is 28.4. The molecule has 41 heavy (non-hydrogen) atoms. The SMILES string of the molecule is CCN(CC)c1cccc(C#Cc2nc3ncccc3nc2OC[C@@H]2CCCN2Cc2ccccc2C(F)(F)F)c1. The van der Waals surface area contributed by atoms with Gasteiger partial charge < -0.3 is 9.64 Å².